The highest BCUT2D eigenvalue weighted by Gasteiger charge is 2.14. The first-order valence-corrected chi connectivity index (χ1v) is 7.84. The van der Waals surface area contributed by atoms with Gasteiger partial charge >= 0.3 is 0 Å². The maximum absolute atomic E-state index is 4.30. The number of pyridine rings is 1. The van der Waals surface area contributed by atoms with Crippen molar-refractivity contribution in [3.63, 3.8) is 0 Å². The van der Waals surface area contributed by atoms with E-state index in [4.69, 9.17) is 0 Å². The summed E-state index contributed by atoms with van der Waals surface area (Å²) in [7, 11) is 1.80. The van der Waals surface area contributed by atoms with Gasteiger partial charge in [-0.05, 0) is 44.0 Å². The van der Waals surface area contributed by atoms with E-state index in [1.165, 1.54) is 32.5 Å². The summed E-state index contributed by atoms with van der Waals surface area (Å²) in [5.41, 5.74) is 1.02. The molecule has 0 bridgehead atoms. The van der Waals surface area contributed by atoms with Crippen molar-refractivity contribution in [2.75, 3.05) is 33.2 Å². The SMILES string of the molecule is CN=C(NCc1ccccn1)NCC(C)CN1CCCC1. The van der Waals surface area contributed by atoms with Crippen molar-refractivity contribution >= 4 is 5.96 Å². The first-order chi connectivity index (χ1) is 10.3. The fraction of sp³-hybridized carbons (Fsp3) is 0.625. The maximum Gasteiger partial charge on any atom is 0.191 e. The summed E-state index contributed by atoms with van der Waals surface area (Å²) >= 11 is 0. The predicted octanol–water partition coefficient (Wildman–Crippen LogP) is 1.48. The minimum Gasteiger partial charge on any atom is -0.356 e. The minimum atomic E-state index is 0.622. The molecule has 1 saturated heterocycles. The molecule has 5 nitrogen and oxygen atoms in total. The second-order valence-corrected chi connectivity index (χ2v) is 5.74. The van der Waals surface area contributed by atoms with Crippen molar-refractivity contribution in [3.05, 3.63) is 30.1 Å². The van der Waals surface area contributed by atoms with E-state index in [1.807, 2.05) is 24.4 Å². The number of rotatable bonds is 6. The molecule has 2 N–H and O–H groups in total. The van der Waals surface area contributed by atoms with Gasteiger partial charge in [-0.1, -0.05) is 13.0 Å². The molecule has 5 heteroatoms. The average Bonchev–Trinajstić information content (AvgIpc) is 3.01. The van der Waals surface area contributed by atoms with Crippen molar-refractivity contribution in [2.24, 2.45) is 10.9 Å². The van der Waals surface area contributed by atoms with Gasteiger partial charge in [-0.25, -0.2) is 0 Å². The van der Waals surface area contributed by atoms with Gasteiger partial charge < -0.3 is 15.5 Å². The quantitative estimate of drug-likeness (QED) is 0.615. The third kappa shape index (κ3) is 5.71. The van der Waals surface area contributed by atoms with Gasteiger partial charge in [0.15, 0.2) is 5.96 Å². The second kappa shape index (κ2) is 8.62. The summed E-state index contributed by atoms with van der Waals surface area (Å²) in [6, 6.07) is 5.94. The molecule has 0 aliphatic carbocycles. The number of hydrogen-bond acceptors (Lipinski definition) is 3. The molecule has 1 aromatic heterocycles. The Morgan fingerprint density at radius 3 is 2.81 bits per heavy atom. The second-order valence-electron chi connectivity index (χ2n) is 5.74. The lowest BCUT2D eigenvalue weighted by Crippen LogP contribution is -2.41. The molecule has 21 heavy (non-hydrogen) atoms. The van der Waals surface area contributed by atoms with Crippen LogP contribution in [0, 0.1) is 5.92 Å². The van der Waals surface area contributed by atoms with Crippen LogP contribution in [0.1, 0.15) is 25.5 Å². The Bertz CT molecular complexity index is 426. The molecular weight excluding hydrogens is 262 g/mol. The van der Waals surface area contributed by atoms with Crippen LogP contribution in [0.15, 0.2) is 29.4 Å². The van der Waals surface area contributed by atoms with Crippen LogP contribution in [0.3, 0.4) is 0 Å². The highest BCUT2D eigenvalue weighted by molar-refractivity contribution is 5.79. The van der Waals surface area contributed by atoms with Crippen LogP contribution < -0.4 is 10.6 Å². The van der Waals surface area contributed by atoms with Crippen LogP contribution in [0.25, 0.3) is 0 Å². The number of aromatic nitrogens is 1. The lowest BCUT2D eigenvalue weighted by atomic mass is 10.1. The van der Waals surface area contributed by atoms with Crippen LogP contribution in [0.2, 0.25) is 0 Å². The number of likely N-dealkylation sites (tertiary alicyclic amines) is 1. The van der Waals surface area contributed by atoms with Gasteiger partial charge in [0.25, 0.3) is 0 Å². The lowest BCUT2D eigenvalue weighted by Gasteiger charge is -2.21. The van der Waals surface area contributed by atoms with Crippen LogP contribution in [-0.4, -0.2) is 49.1 Å². The van der Waals surface area contributed by atoms with E-state index in [9.17, 15) is 0 Å². The van der Waals surface area contributed by atoms with Gasteiger partial charge in [0.2, 0.25) is 0 Å². The number of hydrogen-bond donors (Lipinski definition) is 2. The summed E-state index contributed by atoms with van der Waals surface area (Å²) in [5, 5.41) is 6.70. The normalized spacial score (nSPS) is 17.7. The van der Waals surface area contributed by atoms with E-state index >= 15 is 0 Å². The molecule has 0 radical (unpaired) electrons. The fourth-order valence-corrected chi connectivity index (χ4v) is 2.64. The molecular formula is C16H27N5. The molecule has 0 saturated carbocycles. The third-order valence-corrected chi connectivity index (χ3v) is 3.77. The fourth-order valence-electron chi connectivity index (χ4n) is 2.64. The molecule has 0 spiro atoms. The van der Waals surface area contributed by atoms with Gasteiger partial charge in [0.05, 0.1) is 12.2 Å². The van der Waals surface area contributed by atoms with Gasteiger partial charge in [-0.2, -0.15) is 0 Å². The molecule has 1 atom stereocenters. The van der Waals surface area contributed by atoms with Gasteiger partial charge in [-0.15, -0.1) is 0 Å². The Hall–Kier alpha value is -1.62. The van der Waals surface area contributed by atoms with E-state index in [-0.39, 0.29) is 0 Å². The standard InChI is InChI=1S/C16H27N5/c1-14(13-21-9-5-6-10-21)11-19-16(17-2)20-12-15-7-3-4-8-18-15/h3-4,7-8,14H,5-6,9-13H2,1-2H3,(H2,17,19,20). The Morgan fingerprint density at radius 2 is 2.14 bits per heavy atom. The zero-order chi connectivity index (χ0) is 14.9. The molecule has 2 rings (SSSR count). The van der Waals surface area contributed by atoms with E-state index < -0.39 is 0 Å². The number of nitrogens with one attached hydrogen (secondary N) is 2. The first kappa shape index (κ1) is 15.8. The lowest BCUT2D eigenvalue weighted by molar-refractivity contribution is 0.287. The highest BCUT2D eigenvalue weighted by atomic mass is 15.2. The molecule has 1 aliphatic heterocycles. The molecule has 0 amide bonds. The van der Waals surface area contributed by atoms with Crippen molar-refractivity contribution in [2.45, 2.75) is 26.3 Å². The van der Waals surface area contributed by atoms with Crippen molar-refractivity contribution in [1.29, 1.82) is 0 Å². The van der Waals surface area contributed by atoms with Gasteiger partial charge in [-0.3, -0.25) is 9.98 Å². The summed E-state index contributed by atoms with van der Waals surface area (Å²) in [6.07, 6.45) is 4.52. The van der Waals surface area contributed by atoms with Gasteiger partial charge in [0.1, 0.15) is 0 Å². The average molecular weight is 289 g/mol. The number of aliphatic imine (C=N–C) groups is 1. The maximum atomic E-state index is 4.30. The molecule has 1 aliphatic rings. The number of guanidine groups is 1. The van der Waals surface area contributed by atoms with Crippen molar-refractivity contribution in [1.82, 2.24) is 20.5 Å². The topological polar surface area (TPSA) is 52.6 Å². The van der Waals surface area contributed by atoms with Crippen LogP contribution in [0.5, 0.6) is 0 Å². The van der Waals surface area contributed by atoms with E-state index in [0.29, 0.717) is 12.5 Å². The Kier molecular flexibility index (Phi) is 6.47. The van der Waals surface area contributed by atoms with Crippen molar-refractivity contribution in [3.8, 4) is 0 Å². The summed E-state index contributed by atoms with van der Waals surface area (Å²) < 4.78 is 0. The Balaban J connectivity index is 1.67. The van der Waals surface area contributed by atoms with E-state index in [2.05, 4.69) is 32.4 Å². The molecule has 1 aromatic rings. The highest BCUT2D eigenvalue weighted by Crippen LogP contribution is 2.09. The monoisotopic (exact) mass is 289 g/mol. The predicted molar refractivity (Wildman–Crippen MR) is 87.3 cm³/mol. The van der Waals surface area contributed by atoms with Crippen molar-refractivity contribution < 1.29 is 0 Å². The Labute approximate surface area is 127 Å². The molecule has 2 heterocycles. The summed E-state index contributed by atoms with van der Waals surface area (Å²) in [5.74, 6) is 1.46. The van der Waals surface area contributed by atoms with Crippen LogP contribution >= 0.6 is 0 Å². The smallest absolute Gasteiger partial charge is 0.191 e. The van der Waals surface area contributed by atoms with Crippen LogP contribution in [-0.2, 0) is 6.54 Å². The zero-order valence-corrected chi connectivity index (χ0v) is 13.2. The third-order valence-electron chi connectivity index (χ3n) is 3.77. The zero-order valence-electron chi connectivity index (χ0n) is 13.2. The Morgan fingerprint density at radius 1 is 1.33 bits per heavy atom. The van der Waals surface area contributed by atoms with E-state index in [0.717, 1.165) is 18.2 Å². The summed E-state index contributed by atoms with van der Waals surface area (Å²) in [6.45, 7) is 7.62. The number of nitrogens with zero attached hydrogens (tertiary/aromatic N) is 3. The first-order valence-electron chi connectivity index (χ1n) is 7.84. The largest absolute Gasteiger partial charge is 0.356 e. The minimum absolute atomic E-state index is 0.622. The molecule has 0 aromatic carbocycles. The molecule has 1 unspecified atom stereocenters. The van der Waals surface area contributed by atoms with Gasteiger partial charge in [0, 0.05) is 26.3 Å². The van der Waals surface area contributed by atoms with E-state index in [1.54, 1.807) is 7.05 Å². The molecule has 1 fully saturated rings. The summed E-state index contributed by atoms with van der Waals surface area (Å²) in [4.78, 5) is 11.1. The molecule has 116 valence electrons. The van der Waals surface area contributed by atoms with Crippen LogP contribution in [0.4, 0.5) is 0 Å².